The first kappa shape index (κ1) is 14.3. The molecule has 0 amide bonds. The molecule has 1 aliphatic rings. The lowest BCUT2D eigenvalue weighted by Gasteiger charge is -2.19. The van der Waals surface area contributed by atoms with Crippen molar-refractivity contribution in [2.75, 3.05) is 29.0 Å². The Labute approximate surface area is 138 Å². The van der Waals surface area contributed by atoms with Gasteiger partial charge < -0.3 is 20.9 Å². The average molecular weight is 320 g/mol. The number of aromatic amines is 1. The number of hydrogen-bond donors (Lipinski definition) is 3. The quantitative estimate of drug-likeness (QED) is 0.669. The molecule has 1 saturated heterocycles. The minimum absolute atomic E-state index is 0.219. The average Bonchev–Trinajstić information content (AvgIpc) is 3.25. The third-order valence-corrected chi connectivity index (χ3v) is 4.21. The van der Waals surface area contributed by atoms with Crippen LogP contribution in [-0.2, 0) is 0 Å². The van der Waals surface area contributed by atoms with E-state index >= 15 is 0 Å². The zero-order valence-corrected chi connectivity index (χ0v) is 12.9. The predicted molar refractivity (Wildman–Crippen MR) is 91.5 cm³/mol. The lowest BCUT2D eigenvalue weighted by molar-refractivity contribution is 0.800. The molecule has 8 heteroatoms. The number of anilines is 3. The minimum atomic E-state index is 0.219. The zero-order valence-electron chi connectivity index (χ0n) is 12.9. The number of pyridine rings is 1. The molecule has 0 bridgehead atoms. The Hall–Kier alpha value is -3.34. The fourth-order valence-corrected chi connectivity index (χ4v) is 3.04. The molecule has 120 valence electrons. The molecule has 4 rings (SSSR count). The minimum Gasteiger partial charge on any atom is -0.396 e. The number of nitriles is 1. The molecule has 0 saturated carbocycles. The van der Waals surface area contributed by atoms with Gasteiger partial charge in [-0.2, -0.15) is 5.26 Å². The van der Waals surface area contributed by atoms with Crippen LogP contribution in [0.1, 0.15) is 12.0 Å². The van der Waals surface area contributed by atoms with Crippen molar-refractivity contribution in [2.24, 2.45) is 0 Å². The van der Waals surface area contributed by atoms with Crippen LogP contribution < -0.4 is 16.0 Å². The van der Waals surface area contributed by atoms with Crippen LogP contribution in [0.5, 0.6) is 0 Å². The molecule has 3 aromatic rings. The first-order valence-corrected chi connectivity index (χ1v) is 7.70. The van der Waals surface area contributed by atoms with Crippen molar-refractivity contribution in [3.8, 4) is 6.07 Å². The highest BCUT2D eigenvalue weighted by Gasteiger charge is 2.25. The van der Waals surface area contributed by atoms with Gasteiger partial charge in [0, 0.05) is 31.5 Å². The standard InChI is InChI=1S/C16H16N8/c17-6-10-5-13(18)15(20-7-10)23-11-2-4-24(8-11)16-12-1-3-19-14(12)21-9-22-16/h1,3,5,7,9,11H,2,4,8,18H2,(H,20,23)(H,19,21,22). The number of fused-ring (bicyclic) bond motifs is 1. The number of nitrogens with one attached hydrogen (secondary N) is 2. The molecule has 0 radical (unpaired) electrons. The van der Waals surface area contributed by atoms with Crippen LogP contribution in [0, 0.1) is 11.3 Å². The second-order valence-electron chi connectivity index (χ2n) is 5.79. The fraction of sp³-hybridized carbons (Fsp3) is 0.250. The summed E-state index contributed by atoms with van der Waals surface area (Å²) in [6, 6.07) is 5.88. The van der Waals surface area contributed by atoms with Gasteiger partial charge >= 0.3 is 0 Å². The van der Waals surface area contributed by atoms with Crippen LogP contribution in [0.2, 0.25) is 0 Å². The Kier molecular flexibility index (Phi) is 3.39. The van der Waals surface area contributed by atoms with Gasteiger partial charge in [-0.25, -0.2) is 15.0 Å². The summed E-state index contributed by atoms with van der Waals surface area (Å²) >= 11 is 0. The molecular weight excluding hydrogens is 304 g/mol. The van der Waals surface area contributed by atoms with E-state index < -0.39 is 0 Å². The molecule has 1 atom stereocenters. The van der Waals surface area contributed by atoms with E-state index in [9.17, 15) is 0 Å². The summed E-state index contributed by atoms with van der Waals surface area (Å²) in [5, 5.41) is 13.3. The number of nitrogens with zero attached hydrogens (tertiary/aromatic N) is 5. The summed E-state index contributed by atoms with van der Waals surface area (Å²) in [5.74, 6) is 1.56. The van der Waals surface area contributed by atoms with Gasteiger partial charge in [-0.3, -0.25) is 0 Å². The van der Waals surface area contributed by atoms with E-state index in [0.717, 1.165) is 36.4 Å². The molecule has 1 aliphatic heterocycles. The monoisotopic (exact) mass is 320 g/mol. The Bertz CT molecular complexity index is 925. The highest BCUT2D eigenvalue weighted by atomic mass is 15.2. The highest BCUT2D eigenvalue weighted by molar-refractivity contribution is 5.87. The second kappa shape index (κ2) is 5.70. The fourth-order valence-electron chi connectivity index (χ4n) is 3.04. The molecule has 8 nitrogen and oxygen atoms in total. The third-order valence-electron chi connectivity index (χ3n) is 4.21. The van der Waals surface area contributed by atoms with Crippen molar-refractivity contribution in [3.63, 3.8) is 0 Å². The van der Waals surface area contributed by atoms with Crippen LogP contribution >= 0.6 is 0 Å². The summed E-state index contributed by atoms with van der Waals surface area (Å²) in [4.78, 5) is 18.2. The van der Waals surface area contributed by atoms with Crippen LogP contribution in [0.3, 0.4) is 0 Å². The van der Waals surface area contributed by atoms with E-state index in [0.29, 0.717) is 17.1 Å². The maximum Gasteiger partial charge on any atom is 0.149 e. The summed E-state index contributed by atoms with van der Waals surface area (Å²) in [6.45, 7) is 1.70. The Morgan fingerprint density at radius 1 is 1.38 bits per heavy atom. The predicted octanol–water partition coefficient (Wildman–Crippen LogP) is 1.50. The van der Waals surface area contributed by atoms with Gasteiger partial charge in [-0.05, 0) is 18.6 Å². The Morgan fingerprint density at radius 2 is 2.29 bits per heavy atom. The van der Waals surface area contributed by atoms with Gasteiger partial charge in [-0.15, -0.1) is 0 Å². The summed E-state index contributed by atoms with van der Waals surface area (Å²) in [5.41, 5.74) is 7.76. The molecule has 4 N–H and O–H groups in total. The van der Waals surface area contributed by atoms with Gasteiger partial charge in [0.1, 0.15) is 29.7 Å². The molecule has 0 aromatic carbocycles. The molecule has 1 fully saturated rings. The summed E-state index contributed by atoms with van der Waals surface area (Å²) < 4.78 is 0. The van der Waals surface area contributed by atoms with Crippen molar-refractivity contribution in [1.82, 2.24) is 19.9 Å². The molecule has 0 spiro atoms. The molecule has 3 aromatic heterocycles. The van der Waals surface area contributed by atoms with E-state index in [4.69, 9.17) is 11.0 Å². The van der Waals surface area contributed by atoms with Gasteiger partial charge in [0.25, 0.3) is 0 Å². The second-order valence-corrected chi connectivity index (χ2v) is 5.79. The zero-order chi connectivity index (χ0) is 16.5. The van der Waals surface area contributed by atoms with Crippen molar-refractivity contribution in [2.45, 2.75) is 12.5 Å². The van der Waals surface area contributed by atoms with Crippen LogP contribution in [-0.4, -0.2) is 39.1 Å². The smallest absolute Gasteiger partial charge is 0.149 e. The molecule has 24 heavy (non-hydrogen) atoms. The summed E-state index contributed by atoms with van der Waals surface area (Å²) in [7, 11) is 0. The van der Waals surface area contributed by atoms with E-state index in [2.05, 4.69) is 30.2 Å². The third kappa shape index (κ3) is 2.46. The SMILES string of the molecule is N#Cc1cnc(NC2CCN(c3ncnc4[nH]ccc34)C2)c(N)c1. The summed E-state index contributed by atoms with van der Waals surface area (Å²) in [6.07, 6.45) is 5.93. The highest BCUT2D eigenvalue weighted by Crippen LogP contribution is 2.27. The number of hydrogen-bond acceptors (Lipinski definition) is 7. The Balaban J connectivity index is 1.51. The van der Waals surface area contributed by atoms with E-state index in [-0.39, 0.29) is 6.04 Å². The van der Waals surface area contributed by atoms with E-state index in [1.807, 2.05) is 18.3 Å². The van der Waals surface area contributed by atoms with Gasteiger partial charge in [0.05, 0.1) is 16.6 Å². The Morgan fingerprint density at radius 3 is 3.12 bits per heavy atom. The first-order valence-electron chi connectivity index (χ1n) is 7.70. The van der Waals surface area contributed by atoms with Crippen LogP contribution in [0.4, 0.5) is 17.3 Å². The first-order chi connectivity index (χ1) is 11.7. The van der Waals surface area contributed by atoms with Crippen molar-refractivity contribution >= 4 is 28.4 Å². The van der Waals surface area contributed by atoms with Crippen molar-refractivity contribution < 1.29 is 0 Å². The normalized spacial score (nSPS) is 17.1. The number of nitrogen functional groups attached to an aromatic ring is 1. The largest absolute Gasteiger partial charge is 0.396 e. The van der Waals surface area contributed by atoms with Crippen LogP contribution in [0.15, 0.2) is 30.9 Å². The van der Waals surface area contributed by atoms with Gasteiger partial charge in [0.2, 0.25) is 0 Å². The number of rotatable bonds is 3. The van der Waals surface area contributed by atoms with Crippen LogP contribution in [0.25, 0.3) is 11.0 Å². The van der Waals surface area contributed by atoms with E-state index in [1.165, 1.54) is 6.20 Å². The van der Waals surface area contributed by atoms with Crippen molar-refractivity contribution in [1.29, 1.82) is 5.26 Å². The molecule has 0 aliphatic carbocycles. The van der Waals surface area contributed by atoms with Gasteiger partial charge in [0.15, 0.2) is 0 Å². The van der Waals surface area contributed by atoms with Gasteiger partial charge in [-0.1, -0.05) is 0 Å². The molecular formula is C16H16N8. The molecule has 4 heterocycles. The van der Waals surface area contributed by atoms with E-state index in [1.54, 1.807) is 12.4 Å². The number of aromatic nitrogens is 4. The maximum atomic E-state index is 8.88. The number of nitrogens with two attached hydrogens (primary N) is 1. The lowest BCUT2D eigenvalue weighted by atomic mass is 10.2. The lowest BCUT2D eigenvalue weighted by Crippen LogP contribution is -2.27. The number of H-pyrrole nitrogens is 1. The maximum absolute atomic E-state index is 8.88. The van der Waals surface area contributed by atoms with Crippen molar-refractivity contribution in [3.05, 3.63) is 36.4 Å². The molecule has 1 unspecified atom stereocenters. The topological polar surface area (TPSA) is 120 Å².